The Bertz CT molecular complexity index is 1060. The number of nitrogens with one attached hydrogen (secondary N) is 1. The molecule has 0 saturated carbocycles. The highest BCUT2D eigenvalue weighted by Gasteiger charge is 2.27. The third-order valence-corrected chi connectivity index (χ3v) is 4.79. The molecule has 2 aliphatic rings. The molecule has 3 aromatic rings. The van der Waals surface area contributed by atoms with Gasteiger partial charge in [0.05, 0.1) is 30.9 Å². The third kappa shape index (κ3) is 2.77. The first kappa shape index (κ1) is 16.7. The van der Waals surface area contributed by atoms with Crippen molar-refractivity contribution in [1.82, 2.24) is 9.55 Å². The summed E-state index contributed by atoms with van der Waals surface area (Å²) >= 11 is 0. The lowest BCUT2D eigenvalue weighted by atomic mass is 10.1. The Morgan fingerprint density at radius 3 is 2.68 bits per heavy atom. The summed E-state index contributed by atoms with van der Waals surface area (Å²) in [4.78, 5) is 9.31. The number of benzene rings is 2. The molecule has 5 rings (SSSR count). The van der Waals surface area contributed by atoms with Gasteiger partial charge in [0, 0.05) is 18.6 Å². The second kappa shape index (κ2) is 6.63. The largest absolute Gasteiger partial charge is 0.494 e. The van der Waals surface area contributed by atoms with Gasteiger partial charge >= 0.3 is 0 Å². The summed E-state index contributed by atoms with van der Waals surface area (Å²) in [6.45, 7) is 3.85. The number of nitrogens with two attached hydrogens (primary N) is 1. The maximum Gasteiger partial charge on any atom is 0.212 e. The van der Waals surface area contributed by atoms with E-state index in [0.29, 0.717) is 37.5 Å². The van der Waals surface area contributed by atoms with Crippen molar-refractivity contribution in [2.24, 2.45) is 10.7 Å². The van der Waals surface area contributed by atoms with Crippen LogP contribution in [0.3, 0.4) is 0 Å². The van der Waals surface area contributed by atoms with E-state index in [-0.39, 0.29) is 6.17 Å². The minimum atomic E-state index is -0.332. The second-order valence-electron chi connectivity index (χ2n) is 6.66. The van der Waals surface area contributed by atoms with Crippen LogP contribution in [-0.4, -0.2) is 35.3 Å². The molecule has 0 unspecified atom stereocenters. The molecule has 28 heavy (non-hydrogen) atoms. The minimum absolute atomic E-state index is 0.329. The van der Waals surface area contributed by atoms with Gasteiger partial charge in [0.25, 0.3) is 0 Å². The molecule has 1 aromatic heterocycles. The van der Waals surface area contributed by atoms with Gasteiger partial charge in [-0.1, -0.05) is 12.1 Å². The lowest BCUT2D eigenvalue weighted by Crippen LogP contribution is -2.31. The van der Waals surface area contributed by atoms with Crippen LogP contribution in [0, 0.1) is 0 Å². The Kier molecular flexibility index (Phi) is 3.96. The van der Waals surface area contributed by atoms with Crippen molar-refractivity contribution in [2.45, 2.75) is 19.5 Å². The van der Waals surface area contributed by atoms with Gasteiger partial charge in [-0.2, -0.15) is 0 Å². The molecule has 0 saturated heterocycles. The van der Waals surface area contributed by atoms with Crippen LogP contribution in [-0.2, 0) is 0 Å². The zero-order chi connectivity index (χ0) is 19.1. The topological polar surface area (TPSA) is 95.9 Å². The van der Waals surface area contributed by atoms with Gasteiger partial charge in [0.1, 0.15) is 5.75 Å². The van der Waals surface area contributed by atoms with Gasteiger partial charge in [-0.05, 0) is 24.6 Å². The zero-order valence-electron chi connectivity index (χ0n) is 15.5. The summed E-state index contributed by atoms with van der Waals surface area (Å²) in [6, 6.07) is 11.7. The highest BCUT2D eigenvalue weighted by molar-refractivity contribution is 5.95. The van der Waals surface area contributed by atoms with E-state index in [4.69, 9.17) is 24.9 Å². The Morgan fingerprint density at radius 1 is 1.18 bits per heavy atom. The van der Waals surface area contributed by atoms with E-state index in [1.165, 1.54) is 0 Å². The van der Waals surface area contributed by atoms with Crippen LogP contribution in [0.2, 0.25) is 0 Å². The van der Waals surface area contributed by atoms with Crippen molar-refractivity contribution >= 4 is 22.9 Å². The smallest absolute Gasteiger partial charge is 0.212 e. The molecule has 0 fully saturated rings. The fourth-order valence-electron chi connectivity index (χ4n) is 3.55. The van der Waals surface area contributed by atoms with E-state index in [9.17, 15) is 0 Å². The molecule has 2 aromatic carbocycles. The van der Waals surface area contributed by atoms with Crippen molar-refractivity contribution < 1.29 is 14.2 Å². The summed E-state index contributed by atoms with van der Waals surface area (Å²) in [7, 11) is 0. The molecule has 3 N–H and O–H groups in total. The molecule has 0 bridgehead atoms. The Balaban J connectivity index is 1.63. The maximum atomic E-state index is 6.03. The lowest BCUT2D eigenvalue weighted by molar-refractivity contribution is 0.297. The van der Waals surface area contributed by atoms with E-state index in [0.717, 1.165) is 34.5 Å². The fraction of sp³-hybridized carbons (Fsp3) is 0.300. The van der Waals surface area contributed by atoms with Crippen LogP contribution in [0.1, 0.15) is 25.1 Å². The van der Waals surface area contributed by atoms with Crippen molar-refractivity contribution in [3.8, 4) is 17.2 Å². The van der Waals surface area contributed by atoms with Crippen LogP contribution in [0.25, 0.3) is 11.0 Å². The van der Waals surface area contributed by atoms with Crippen molar-refractivity contribution in [3.05, 3.63) is 42.0 Å². The number of imidazole rings is 1. The molecule has 0 radical (unpaired) electrons. The average molecular weight is 379 g/mol. The molecule has 3 heterocycles. The quantitative estimate of drug-likeness (QED) is 0.726. The third-order valence-electron chi connectivity index (χ3n) is 4.79. The molecular formula is C20H21N5O3. The van der Waals surface area contributed by atoms with Gasteiger partial charge in [-0.3, -0.25) is 9.88 Å². The van der Waals surface area contributed by atoms with Gasteiger partial charge in [0.15, 0.2) is 23.6 Å². The molecule has 0 spiro atoms. The van der Waals surface area contributed by atoms with E-state index < -0.39 is 0 Å². The van der Waals surface area contributed by atoms with Crippen LogP contribution in [0.5, 0.6) is 17.2 Å². The number of aliphatic imine (C=N–C) groups is 1. The van der Waals surface area contributed by atoms with Crippen LogP contribution < -0.4 is 25.3 Å². The number of fused-ring (bicyclic) bond motifs is 4. The molecule has 1 atom stereocenters. The Hall–Kier alpha value is -3.42. The molecule has 144 valence electrons. The molecule has 0 amide bonds. The standard InChI is InChI=1S/C20H21N5O3/c1-2-26-13-6-4-12(5-7-13)18-23-19(21)24-20-22-14-10-16-17(11-15(14)25(18)20)28-9-3-8-27-16/h4-7,10-11,18H,2-3,8-9H2,1H3,(H3,21,22,23,24)/t18-/m0/s1. The van der Waals surface area contributed by atoms with Crippen LogP contribution in [0.4, 0.5) is 5.95 Å². The molecule has 0 aliphatic carbocycles. The highest BCUT2D eigenvalue weighted by Crippen LogP contribution is 2.39. The Labute approximate surface area is 161 Å². The van der Waals surface area contributed by atoms with Crippen molar-refractivity contribution in [1.29, 1.82) is 0 Å². The SMILES string of the molecule is CCOc1ccc([C@H]2N=C(N)Nc3nc4cc5c(cc4n32)OCCCO5)cc1. The molecule has 8 nitrogen and oxygen atoms in total. The normalized spacial score (nSPS) is 18.0. The predicted molar refractivity (Wildman–Crippen MR) is 106 cm³/mol. The van der Waals surface area contributed by atoms with Gasteiger partial charge in [-0.25, -0.2) is 9.98 Å². The number of ether oxygens (including phenoxy) is 3. The first-order valence-corrected chi connectivity index (χ1v) is 9.37. The second-order valence-corrected chi connectivity index (χ2v) is 6.66. The van der Waals surface area contributed by atoms with E-state index in [1.54, 1.807) is 0 Å². The predicted octanol–water partition coefficient (Wildman–Crippen LogP) is 2.88. The molecule has 8 heteroatoms. The minimum Gasteiger partial charge on any atom is -0.494 e. The molecular weight excluding hydrogens is 358 g/mol. The van der Waals surface area contributed by atoms with Crippen LogP contribution in [0.15, 0.2) is 41.4 Å². The number of anilines is 1. The Morgan fingerprint density at radius 2 is 1.93 bits per heavy atom. The summed E-state index contributed by atoms with van der Waals surface area (Å²) in [5.41, 5.74) is 8.72. The maximum absolute atomic E-state index is 6.03. The summed E-state index contributed by atoms with van der Waals surface area (Å²) in [6.07, 6.45) is 0.524. The number of aromatic nitrogens is 2. The summed E-state index contributed by atoms with van der Waals surface area (Å²) in [5.74, 6) is 3.23. The first-order valence-electron chi connectivity index (χ1n) is 9.37. The van der Waals surface area contributed by atoms with Gasteiger partial charge in [-0.15, -0.1) is 0 Å². The van der Waals surface area contributed by atoms with Crippen molar-refractivity contribution in [2.75, 3.05) is 25.1 Å². The zero-order valence-corrected chi connectivity index (χ0v) is 15.5. The number of rotatable bonds is 3. The highest BCUT2D eigenvalue weighted by atomic mass is 16.5. The monoisotopic (exact) mass is 379 g/mol. The number of hydrogen-bond acceptors (Lipinski definition) is 7. The van der Waals surface area contributed by atoms with E-state index in [1.807, 2.05) is 47.9 Å². The number of hydrogen-bond donors (Lipinski definition) is 2. The van der Waals surface area contributed by atoms with Gasteiger partial charge < -0.3 is 19.9 Å². The number of guanidine groups is 1. The van der Waals surface area contributed by atoms with E-state index in [2.05, 4.69) is 10.3 Å². The van der Waals surface area contributed by atoms with Crippen molar-refractivity contribution in [3.63, 3.8) is 0 Å². The number of nitrogens with zero attached hydrogens (tertiary/aromatic N) is 3. The summed E-state index contributed by atoms with van der Waals surface area (Å²) < 4.78 is 19.2. The molecule has 2 aliphatic heterocycles. The summed E-state index contributed by atoms with van der Waals surface area (Å²) in [5, 5.41) is 3.06. The van der Waals surface area contributed by atoms with E-state index >= 15 is 0 Å². The average Bonchev–Trinajstić information content (AvgIpc) is 2.88. The van der Waals surface area contributed by atoms with Crippen LogP contribution >= 0.6 is 0 Å². The van der Waals surface area contributed by atoms with Gasteiger partial charge in [0.2, 0.25) is 5.95 Å². The lowest BCUT2D eigenvalue weighted by Gasteiger charge is -2.24. The first-order chi connectivity index (χ1) is 13.7. The fourth-order valence-corrected chi connectivity index (χ4v) is 3.55.